The number of ether oxygens (including phenoxy) is 3. The molecule has 1 heterocycles. The lowest BCUT2D eigenvalue weighted by molar-refractivity contribution is 0.0643. The Labute approximate surface area is 195 Å². The van der Waals surface area contributed by atoms with Crippen LogP contribution in [-0.2, 0) is 0 Å². The first-order valence-corrected chi connectivity index (χ1v) is 9.73. The molecule has 2 aromatic rings. The molecule has 1 unspecified atom stereocenters. The Hall–Kier alpha value is -1.57. The number of β-amino-alcohol motifs (C(OH)–C–C–N with tert-alkyl or cyclic N) is 1. The molecule has 0 spiro atoms. The Morgan fingerprint density at radius 2 is 1.57 bits per heavy atom. The molecule has 3 rings (SSSR count). The molecule has 0 bridgehead atoms. The van der Waals surface area contributed by atoms with Crippen molar-refractivity contribution in [2.75, 3.05) is 58.5 Å². The summed E-state index contributed by atoms with van der Waals surface area (Å²) in [6.45, 7) is 4.28. The SMILES string of the molecule is COc1cccc(OC)c1OCC(O)CN1CCN(c2cccc(Cl)c2)CC1.Cl.Cl. The monoisotopic (exact) mass is 478 g/mol. The number of aliphatic hydroxyl groups excluding tert-OH is 1. The summed E-state index contributed by atoms with van der Waals surface area (Å²) in [5.74, 6) is 1.68. The number of methoxy groups -OCH3 is 2. The highest BCUT2D eigenvalue weighted by Crippen LogP contribution is 2.36. The largest absolute Gasteiger partial charge is 0.493 e. The van der Waals surface area contributed by atoms with E-state index in [-0.39, 0.29) is 31.4 Å². The molecule has 1 aliphatic heterocycles. The number of para-hydroxylation sites is 1. The molecule has 1 fully saturated rings. The van der Waals surface area contributed by atoms with E-state index in [0.29, 0.717) is 23.8 Å². The molecule has 30 heavy (non-hydrogen) atoms. The third-order valence-electron chi connectivity index (χ3n) is 4.82. The van der Waals surface area contributed by atoms with Gasteiger partial charge in [-0.05, 0) is 30.3 Å². The zero-order valence-electron chi connectivity index (χ0n) is 17.1. The summed E-state index contributed by atoms with van der Waals surface area (Å²) in [5.41, 5.74) is 1.14. The van der Waals surface area contributed by atoms with Crippen molar-refractivity contribution in [3.8, 4) is 17.2 Å². The molecule has 1 N–H and O–H groups in total. The molecule has 0 aromatic heterocycles. The topological polar surface area (TPSA) is 54.4 Å². The summed E-state index contributed by atoms with van der Waals surface area (Å²) in [6.07, 6.45) is -0.604. The molecule has 1 atom stereocenters. The van der Waals surface area contributed by atoms with Gasteiger partial charge in [0.15, 0.2) is 11.5 Å². The van der Waals surface area contributed by atoms with Gasteiger partial charge in [-0.15, -0.1) is 24.8 Å². The normalized spacial score (nSPS) is 14.9. The maximum absolute atomic E-state index is 10.4. The average Bonchev–Trinajstić information content (AvgIpc) is 2.72. The van der Waals surface area contributed by atoms with Crippen LogP contribution in [0, 0.1) is 0 Å². The fraction of sp³-hybridized carbons (Fsp3) is 0.429. The van der Waals surface area contributed by atoms with E-state index in [4.69, 9.17) is 25.8 Å². The van der Waals surface area contributed by atoms with Crippen molar-refractivity contribution in [3.05, 3.63) is 47.5 Å². The number of nitrogens with zero attached hydrogens (tertiary/aromatic N) is 2. The van der Waals surface area contributed by atoms with E-state index in [1.54, 1.807) is 26.4 Å². The predicted octanol–water partition coefficient (Wildman–Crippen LogP) is 3.76. The molecule has 6 nitrogen and oxygen atoms in total. The summed E-state index contributed by atoms with van der Waals surface area (Å²) in [7, 11) is 3.16. The van der Waals surface area contributed by atoms with Crippen LogP contribution in [0.2, 0.25) is 5.02 Å². The Balaban J connectivity index is 0.00000225. The van der Waals surface area contributed by atoms with E-state index in [9.17, 15) is 5.11 Å². The van der Waals surface area contributed by atoms with E-state index in [1.807, 2.05) is 24.3 Å². The van der Waals surface area contributed by atoms with E-state index in [2.05, 4.69) is 15.9 Å². The Kier molecular flexibility index (Phi) is 11.4. The Morgan fingerprint density at radius 3 is 2.13 bits per heavy atom. The standard InChI is InChI=1S/C21H27ClN2O4.2ClH/c1-26-19-7-4-8-20(27-2)21(19)28-15-18(25)14-23-9-11-24(12-10-23)17-6-3-5-16(22)13-17;;/h3-8,13,18,25H,9-12,14-15H2,1-2H3;2*1H. The first-order valence-electron chi connectivity index (χ1n) is 9.35. The highest BCUT2D eigenvalue weighted by molar-refractivity contribution is 6.30. The second kappa shape index (κ2) is 13.0. The van der Waals surface area contributed by atoms with Crippen LogP contribution in [0.1, 0.15) is 0 Å². The van der Waals surface area contributed by atoms with Gasteiger partial charge < -0.3 is 24.2 Å². The van der Waals surface area contributed by atoms with Crippen molar-refractivity contribution in [1.29, 1.82) is 0 Å². The van der Waals surface area contributed by atoms with Crippen molar-refractivity contribution >= 4 is 42.1 Å². The minimum absolute atomic E-state index is 0. The third kappa shape index (κ3) is 7.00. The Bertz CT molecular complexity index is 751. The van der Waals surface area contributed by atoms with Gasteiger partial charge in [0.05, 0.1) is 14.2 Å². The molecule has 0 amide bonds. The average molecular weight is 480 g/mol. The zero-order chi connectivity index (χ0) is 19.9. The molecular weight excluding hydrogens is 451 g/mol. The maximum atomic E-state index is 10.4. The smallest absolute Gasteiger partial charge is 0.203 e. The van der Waals surface area contributed by atoms with Crippen LogP contribution in [0.15, 0.2) is 42.5 Å². The minimum atomic E-state index is -0.604. The zero-order valence-corrected chi connectivity index (χ0v) is 19.5. The minimum Gasteiger partial charge on any atom is -0.493 e. The highest BCUT2D eigenvalue weighted by atomic mass is 35.5. The fourth-order valence-electron chi connectivity index (χ4n) is 3.35. The predicted molar refractivity (Wildman–Crippen MR) is 126 cm³/mol. The van der Waals surface area contributed by atoms with Crippen LogP contribution < -0.4 is 19.1 Å². The van der Waals surface area contributed by atoms with Crippen LogP contribution in [0.5, 0.6) is 17.2 Å². The van der Waals surface area contributed by atoms with Crippen molar-refractivity contribution < 1.29 is 19.3 Å². The van der Waals surface area contributed by atoms with Crippen LogP contribution in [0.3, 0.4) is 0 Å². The van der Waals surface area contributed by atoms with E-state index in [0.717, 1.165) is 36.9 Å². The molecule has 1 aliphatic rings. The van der Waals surface area contributed by atoms with Crippen LogP contribution >= 0.6 is 36.4 Å². The van der Waals surface area contributed by atoms with E-state index >= 15 is 0 Å². The Morgan fingerprint density at radius 1 is 0.967 bits per heavy atom. The molecule has 2 aromatic carbocycles. The van der Waals surface area contributed by atoms with Gasteiger partial charge in [-0.25, -0.2) is 0 Å². The van der Waals surface area contributed by atoms with Crippen molar-refractivity contribution in [2.24, 2.45) is 0 Å². The number of halogens is 3. The number of anilines is 1. The molecule has 0 aliphatic carbocycles. The van der Waals surface area contributed by atoms with Crippen molar-refractivity contribution in [1.82, 2.24) is 4.90 Å². The van der Waals surface area contributed by atoms with Gasteiger partial charge in [0, 0.05) is 43.4 Å². The highest BCUT2D eigenvalue weighted by Gasteiger charge is 2.21. The summed E-state index contributed by atoms with van der Waals surface area (Å²) in [5, 5.41) is 11.2. The third-order valence-corrected chi connectivity index (χ3v) is 5.05. The molecule has 0 radical (unpaired) electrons. The number of rotatable bonds is 8. The van der Waals surface area contributed by atoms with E-state index in [1.165, 1.54) is 0 Å². The fourth-order valence-corrected chi connectivity index (χ4v) is 3.54. The summed E-state index contributed by atoms with van der Waals surface area (Å²) in [4.78, 5) is 4.56. The van der Waals surface area contributed by atoms with Gasteiger partial charge in [0.2, 0.25) is 5.75 Å². The van der Waals surface area contributed by atoms with Crippen molar-refractivity contribution in [3.63, 3.8) is 0 Å². The summed E-state index contributed by atoms with van der Waals surface area (Å²) >= 11 is 6.09. The second-order valence-corrected chi connectivity index (χ2v) is 7.16. The van der Waals surface area contributed by atoms with Gasteiger partial charge in [-0.3, -0.25) is 4.90 Å². The number of piperazine rings is 1. The number of aliphatic hydroxyl groups is 1. The van der Waals surface area contributed by atoms with Gasteiger partial charge in [0.1, 0.15) is 12.7 Å². The molecule has 168 valence electrons. The maximum Gasteiger partial charge on any atom is 0.203 e. The van der Waals surface area contributed by atoms with E-state index < -0.39 is 6.10 Å². The number of hydrogen-bond donors (Lipinski definition) is 1. The van der Waals surface area contributed by atoms with Gasteiger partial charge in [0.25, 0.3) is 0 Å². The second-order valence-electron chi connectivity index (χ2n) is 6.72. The summed E-state index contributed by atoms with van der Waals surface area (Å²) in [6, 6.07) is 13.4. The van der Waals surface area contributed by atoms with Gasteiger partial charge in [-0.1, -0.05) is 23.7 Å². The molecule has 9 heteroatoms. The lowest BCUT2D eigenvalue weighted by Gasteiger charge is -2.37. The van der Waals surface area contributed by atoms with Crippen molar-refractivity contribution in [2.45, 2.75) is 6.10 Å². The molecular formula is C21H29Cl3N2O4. The first kappa shape index (κ1) is 26.5. The van der Waals surface area contributed by atoms with Crippen LogP contribution in [-0.4, -0.2) is 69.7 Å². The molecule has 1 saturated heterocycles. The lowest BCUT2D eigenvalue weighted by Crippen LogP contribution is -2.49. The quantitative estimate of drug-likeness (QED) is 0.622. The summed E-state index contributed by atoms with van der Waals surface area (Å²) < 4.78 is 16.4. The first-order chi connectivity index (χ1) is 13.6. The molecule has 0 saturated carbocycles. The van der Waals surface area contributed by atoms with Crippen LogP contribution in [0.25, 0.3) is 0 Å². The van der Waals surface area contributed by atoms with Gasteiger partial charge in [-0.2, -0.15) is 0 Å². The number of hydrogen-bond acceptors (Lipinski definition) is 6. The lowest BCUT2D eigenvalue weighted by atomic mass is 10.2. The van der Waals surface area contributed by atoms with Gasteiger partial charge >= 0.3 is 0 Å². The number of benzene rings is 2. The van der Waals surface area contributed by atoms with Crippen LogP contribution in [0.4, 0.5) is 5.69 Å².